The summed E-state index contributed by atoms with van der Waals surface area (Å²) in [4.78, 5) is 6.34. The summed E-state index contributed by atoms with van der Waals surface area (Å²) >= 11 is 5.86. The molecule has 0 aliphatic carbocycles. The fourth-order valence-corrected chi connectivity index (χ4v) is 3.62. The van der Waals surface area contributed by atoms with Gasteiger partial charge in [0.2, 0.25) is 0 Å². The fourth-order valence-electron chi connectivity index (χ4n) is 2.28. The van der Waals surface area contributed by atoms with Crippen molar-refractivity contribution in [1.82, 2.24) is 4.98 Å². The van der Waals surface area contributed by atoms with Gasteiger partial charge >= 0.3 is 0 Å². The summed E-state index contributed by atoms with van der Waals surface area (Å²) in [6, 6.07) is 19.3. The molecule has 0 fully saturated rings. The molecule has 2 aromatic carbocycles. The minimum atomic E-state index is -3.71. The van der Waals surface area contributed by atoms with Crippen molar-refractivity contribution >= 4 is 38.8 Å². The molecule has 25 heavy (non-hydrogen) atoms. The van der Waals surface area contributed by atoms with Crippen molar-refractivity contribution in [3.8, 4) is 0 Å². The topological polar surface area (TPSA) is 62.3 Å². The number of para-hydroxylation sites is 1. The Kier molecular flexibility index (Phi) is 4.92. The van der Waals surface area contributed by atoms with Crippen LogP contribution in [0.3, 0.4) is 0 Å². The molecule has 1 aromatic heterocycles. The lowest BCUT2D eigenvalue weighted by molar-refractivity contribution is 0.601. The summed E-state index contributed by atoms with van der Waals surface area (Å²) in [6.45, 7) is 0. The lowest BCUT2D eigenvalue weighted by Crippen LogP contribution is -2.14. The lowest BCUT2D eigenvalue weighted by atomic mass is 10.3. The Morgan fingerprint density at radius 1 is 1.00 bits per heavy atom. The zero-order chi connectivity index (χ0) is 17.9. The van der Waals surface area contributed by atoms with E-state index in [1.165, 1.54) is 18.3 Å². The Balaban J connectivity index is 1.79. The first-order valence-corrected chi connectivity index (χ1v) is 9.35. The number of pyridine rings is 1. The van der Waals surface area contributed by atoms with Gasteiger partial charge in [-0.2, -0.15) is 0 Å². The number of anilines is 3. The average molecular weight is 374 g/mol. The molecule has 3 aromatic rings. The predicted octanol–water partition coefficient (Wildman–Crippen LogP) is 4.30. The van der Waals surface area contributed by atoms with Gasteiger partial charge in [-0.3, -0.25) is 4.72 Å². The van der Waals surface area contributed by atoms with Crippen molar-refractivity contribution in [3.63, 3.8) is 0 Å². The van der Waals surface area contributed by atoms with E-state index >= 15 is 0 Å². The van der Waals surface area contributed by atoms with Gasteiger partial charge in [-0.15, -0.1) is 0 Å². The summed E-state index contributed by atoms with van der Waals surface area (Å²) in [6.07, 6.45) is 1.48. The molecule has 0 saturated carbocycles. The molecular weight excluding hydrogens is 358 g/mol. The first kappa shape index (κ1) is 17.3. The van der Waals surface area contributed by atoms with Crippen LogP contribution in [0.1, 0.15) is 0 Å². The zero-order valence-corrected chi connectivity index (χ0v) is 15.0. The third-order valence-corrected chi connectivity index (χ3v) is 5.21. The van der Waals surface area contributed by atoms with E-state index in [0.29, 0.717) is 16.5 Å². The van der Waals surface area contributed by atoms with Gasteiger partial charge in [0, 0.05) is 17.8 Å². The maximum atomic E-state index is 12.4. The number of benzene rings is 2. The number of sulfonamides is 1. The largest absolute Gasteiger partial charge is 0.329 e. The van der Waals surface area contributed by atoms with Gasteiger partial charge in [0.1, 0.15) is 5.82 Å². The summed E-state index contributed by atoms with van der Waals surface area (Å²) in [7, 11) is -1.81. The van der Waals surface area contributed by atoms with Gasteiger partial charge < -0.3 is 4.90 Å². The number of nitrogens with zero attached hydrogens (tertiary/aromatic N) is 2. The molecular formula is C18H16ClN3O2S. The minimum Gasteiger partial charge on any atom is -0.329 e. The Hall–Kier alpha value is -2.57. The van der Waals surface area contributed by atoms with Crippen LogP contribution in [0.5, 0.6) is 0 Å². The van der Waals surface area contributed by atoms with Crippen LogP contribution in [0.25, 0.3) is 0 Å². The van der Waals surface area contributed by atoms with Crippen LogP contribution in [-0.4, -0.2) is 20.4 Å². The Labute approximate surface area is 152 Å². The standard InChI is InChI=1S/C18H16ClN3O2S/c1-22(16-7-3-2-4-8-16)18-11-10-15(13-20-18)21-25(23,24)17-9-5-6-14(19)12-17/h2-13,21H,1H3. The second-order valence-corrected chi connectivity index (χ2v) is 7.48. The SMILES string of the molecule is CN(c1ccccc1)c1ccc(NS(=O)(=O)c2cccc(Cl)c2)cn1. The van der Waals surface area contributed by atoms with E-state index in [4.69, 9.17) is 11.6 Å². The smallest absolute Gasteiger partial charge is 0.261 e. The van der Waals surface area contributed by atoms with E-state index < -0.39 is 10.0 Å². The van der Waals surface area contributed by atoms with E-state index in [2.05, 4.69) is 9.71 Å². The molecule has 0 saturated heterocycles. The Morgan fingerprint density at radius 3 is 2.40 bits per heavy atom. The first-order valence-electron chi connectivity index (χ1n) is 7.49. The highest BCUT2D eigenvalue weighted by Gasteiger charge is 2.15. The number of hydrogen-bond donors (Lipinski definition) is 1. The van der Waals surface area contributed by atoms with E-state index in [-0.39, 0.29) is 4.90 Å². The monoisotopic (exact) mass is 373 g/mol. The van der Waals surface area contributed by atoms with Crippen LogP contribution in [0.4, 0.5) is 17.2 Å². The van der Waals surface area contributed by atoms with Gasteiger partial charge in [0.25, 0.3) is 10.0 Å². The highest BCUT2D eigenvalue weighted by Crippen LogP contribution is 2.23. The molecule has 1 N–H and O–H groups in total. The van der Waals surface area contributed by atoms with Crippen LogP contribution >= 0.6 is 11.6 Å². The van der Waals surface area contributed by atoms with E-state index in [1.54, 1.807) is 24.3 Å². The summed E-state index contributed by atoms with van der Waals surface area (Å²) in [5, 5.41) is 0.362. The van der Waals surface area contributed by atoms with Gasteiger partial charge in [0.05, 0.1) is 16.8 Å². The van der Waals surface area contributed by atoms with Gasteiger partial charge in [-0.05, 0) is 42.5 Å². The van der Waals surface area contributed by atoms with Crippen LogP contribution in [-0.2, 0) is 10.0 Å². The van der Waals surface area contributed by atoms with Crippen molar-refractivity contribution < 1.29 is 8.42 Å². The van der Waals surface area contributed by atoms with Crippen molar-refractivity contribution in [2.45, 2.75) is 4.90 Å². The van der Waals surface area contributed by atoms with Crippen molar-refractivity contribution in [2.24, 2.45) is 0 Å². The van der Waals surface area contributed by atoms with Crippen LogP contribution in [0, 0.1) is 0 Å². The van der Waals surface area contributed by atoms with Crippen molar-refractivity contribution in [3.05, 3.63) is 77.9 Å². The maximum absolute atomic E-state index is 12.4. The minimum absolute atomic E-state index is 0.102. The Bertz CT molecular complexity index is 961. The van der Waals surface area contributed by atoms with E-state index in [9.17, 15) is 8.42 Å². The number of rotatable bonds is 5. The van der Waals surface area contributed by atoms with Crippen LogP contribution in [0.2, 0.25) is 5.02 Å². The lowest BCUT2D eigenvalue weighted by Gasteiger charge is -2.18. The van der Waals surface area contributed by atoms with E-state index in [0.717, 1.165) is 5.69 Å². The first-order chi connectivity index (χ1) is 12.0. The molecule has 0 radical (unpaired) electrons. The molecule has 5 nitrogen and oxygen atoms in total. The molecule has 0 aliphatic rings. The van der Waals surface area contributed by atoms with Crippen LogP contribution in [0.15, 0.2) is 77.8 Å². The van der Waals surface area contributed by atoms with E-state index in [1.807, 2.05) is 42.3 Å². The fraction of sp³-hybridized carbons (Fsp3) is 0.0556. The maximum Gasteiger partial charge on any atom is 0.261 e. The summed E-state index contributed by atoms with van der Waals surface area (Å²) in [5.41, 5.74) is 1.37. The number of halogens is 1. The van der Waals surface area contributed by atoms with Gasteiger partial charge in [0.15, 0.2) is 0 Å². The zero-order valence-electron chi connectivity index (χ0n) is 13.4. The molecule has 128 valence electrons. The molecule has 0 unspecified atom stereocenters. The quantitative estimate of drug-likeness (QED) is 0.724. The predicted molar refractivity (Wildman–Crippen MR) is 101 cm³/mol. The number of nitrogens with one attached hydrogen (secondary N) is 1. The summed E-state index contributed by atoms with van der Waals surface area (Å²) < 4.78 is 27.3. The summed E-state index contributed by atoms with van der Waals surface area (Å²) in [5.74, 6) is 0.705. The second-order valence-electron chi connectivity index (χ2n) is 5.36. The third kappa shape index (κ3) is 4.10. The molecule has 7 heteroatoms. The molecule has 0 spiro atoms. The second kappa shape index (κ2) is 7.13. The molecule has 0 bridgehead atoms. The highest BCUT2D eigenvalue weighted by molar-refractivity contribution is 7.92. The Morgan fingerprint density at radius 2 is 1.76 bits per heavy atom. The molecule has 0 aliphatic heterocycles. The number of aromatic nitrogens is 1. The van der Waals surface area contributed by atoms with Crippen molar-refractivity contribution in [1.29, 1.82) is 0 Å². The molecule has 0 atom stereocenters. The molecule has 1 heterocycles. The molecule has 0 amide bonds. The third-order valence-electron chi connectivity index (χ3n) is 3.59. The van der Waals surface area contributed by atoms with Crippen LogP contribution < -0.4 is 9.62 Å². The average Bonchev–Trinajstić information content (AvgIpc) is 2.62. The van der Waals surface area contributed by atoms with Gasteiger partial charge in [-0.1, -0.05) is 35.9 Å². The normalized spacial score (nSPS) is 11.1. The molecule has 3 rings (SSSR count). The highest BCUT2D eigenvalue weighted by atomic mass is 35.5. The van der Waals surface area contributed by atoms with Crippen molar-refractivity contribution in [2.75, 3.05) is 16.7 Å². The van der Waals surface area contributed by atoms with Gasteiger partial charge in [-0.25, -0.2) is 13.4 Å². The number of hydrogen-bond acceptors (Lipinski definition) is 4.